The predicted molar refractivity (Wildman–Crippen MR) is 76.6 cm³/mol. The van der Waals surface area contributed by atoms with Crippen LogP contribution in [0.3, 0.4) is 0 Å². The summed E-state index contributed by atoms with van der Waals surface area (Å²) in [6, 6.07) is 0. The van der Waals surface area contributed by atoms with Crippen molar-refractivity contribution >= 4 is 11.8 Å². The minimum atomic E-state index is 0.199. The molecule has 1 rings (SSSR count). The summed E-state index contributed by atoms with van der Waals surface area (Å²) in [4.78, 5) is 1.42. The van der Waals surface area contributed by atoms with Crippen molar-refractivity contribution in [1.82, 2.24) is 0 Å². The van der Waals surface area contributed by atoms with E-state index in [1.54, 1.807) is 0 Å². The first-order chi connectivity index (χ1) is 7.58. The molecule has 1 heterocycles. The maximum atomic E-state index is 4.00. The van der Waals surface area contributed by atoms with Crippen LogP contribution in [0.25, 0.3) is 0 Å². The third kappa shape index (κ3) is 2.59. The van der Waals surface area contributed by atoms with Crippen molar-refractivity contribution in [3.8, 4) is 0 Å². The Labute approximate surface area is 104 Å². The van der Waals surface area contributed by atoms with E-state index in [-0.39, 0.29) is 5.41 Å². The first-order valence-corrected chi connectivity index (χ1v) is 6.46. The number of allylic oxidation sites excluding steroid dienone is 6. The summed E-state index contributed by atoms with van der Waals surface area (Å²) >= 11 is 1.92. The second-order valence-corrected chi connectivity index (χ2v) is 5.37. The fourth-order valence-corrected chi connectivity index (χ4v) is 3.40. The highest BCUT2D eigenvalue weighted by Crippen LogP contribution is 2.49. The Balaban J connectivity index is 2.92. The standard InChI is InChI=1S/C15H20S/c1-6-9-15(8-3)10-14(16-11-15)13(5)12(4)7-2/h6-8H,1-4,9-11H2,5H3/b14-13-. The molecular formula is C15H20S. The molecule has 16 heavy (non-hydrogen) atoms. The number of hydrogen-bond acceptors (Lipinski definition) is 1. The van der Waals surface area contributed by atoms with Crippen LogP contribution < -0.4 is 0 Å². The normalized spacial score (nSPS) is 27.3. The molecule has 0 amide bonds. The molecule has 1 fully saturated rings. The lowest BCUT2D eigenvalue weighted by Gasteiger charge is -2.21. The molecule has 0 bridgehead atoms. The molecule has 0 aromatic heterocycles. The minimum Gasteiger partial charge on any atom is -0.129 e. The first-order valence-electron chi connectivity index (χ1n) is 5.47. The van der Waals surface area contributed by atoms with Crippen LogP contribution in [0.1, 0.15) is 19.8 Å². The summed E-state index contributed by atoms with van der Waals surface area (Å²) in [5.74, 6) is 1.10. The van der Waals surface area contributed by atoms with Gasteiger partial charge in [0.1, 0.15) is 0 Å². The Morgan fingerprint density at radius 2 is 2.12 bits per heavy atom. The maximum absolute atomic E-state index is 4.00. The van der Waals surface area contributed by atoms with Gasteiger partial charge in [0.15, 0.2) is 0 Å². The summed E-state index contributed by atoms with van der Waals surface area (Å²) in [6.07, 6.45) is 7.96. The Kier molecular flexibility index (Phi) is 4.43. The molecule has 0 nitrogen and oxygen atoms in total. The molecule has 1 atom stereocenters. The van der Waals surface area contributed by atoms with Crippen LogP contribution in [0, 0.1) is 5.41 Å². The van der Waals surface area contributed by atoms with Crippen molar-refractivity contribution in [3.05, 3.63) is 60.6 Å². The second kappa shape index (κ2) is 5.40. The van der Waals surface area contributed by atoms with E-state index in [0.29, 0.717) is 0 Å². The quantitative estimate of drug-likeness (QED) is 0.480. The van der Waals surface area contributed by atoms with Gasteiger partial charge < -0.3 is 0 Å². The monoisotopic (exact) mass is 232 g/mol. The smallest absolute Gasteiger partial charge is 0.00745 e. The van der Waals surface area contributed by atoms with Crippen LogP contribution in [-0.2, 0) is 0 Å². The maximum Gasteiger partial charge on any atom is 0.00745 e. The zero-order chi connectivity index (χ0) is 12.2. The van der Waals surface area contributed by atoms with Gasteiger partial charge in [0.25, 0.3) is 0 Å². The van der Waals surface area contributed by atoms with Crippen molar-refractivity contribution in [2.75, 3.05) is 5.75 Å². The zero-order valence-corrected chi connectivity index (χ0v) is 10.9. The van der Waals surface area contributed by atoms with E-state index < -0.39 is 0 Å². The van der Waals surface area contributed by atoms with Crippen molar-refractivity contribution in [2.45, 2.75) is 19.8 Å². The number of rotatable bonds is 5. The van der Waals surface area contributed by atoms with Crippen LogP contribution in [0.5, 0.6) is 0 Å². The second-order valence-electron chi connectivity index (χ2n) is 4.30. The van der Waals surface area contributed by atoms with E-state index in [0.717, 1.165) is 24.2 Å². The SMILES string of the molecule is C=CCC1(C=C)CS/C(=C(/C)C(=C)C=C)C1. The molecule has 1 aliphatic heterocycles. The van der Waals surface area contributed by atoms with Gasteiger partial charge in [-0.2, -0.15) is 0 Å². The lowest BCUT2D eigenvalue weighted by molar-refractivity contribution is 0.462. The van der Waals surface area contributed by atoms with Gasteiger partial charge in [0.05, 0.1) is 0 Å². The highest BCUT2D eigenvalue weighted by Gasteiger charge is 2.33. The lowest BCUT2D eigenvalue weighted by atomic mass is 9.82. The lowest BCUT2D eigenvalue weighted by Crippen LogP contribution is -2.14. The van der Waals surface area contributed by atoms with Crippen molar-refractivity contribution < 1.29 is 0 Å². The van der Waals surface area contributed by atoms with E-state index in [4.69, 9.17) is 0 Å². The fraction of sp³-hybridized carbons (Fsp3) is 0.333. The van der Waals surface area contributed by atoms with Crippen LogP contribution in [0.2, 0.25) is 0 Å². The Morgan fingerprint density at radius 1 is 1.44 bits per heavy atom. The summed E-state index contributed by atoms with van der Waals surface area (Å²) in [6.45, 7) is 17.7. The summed E-state index contributed by atoms with van der Waals surface area (Å²) < 4.78 is 0. The van der Waals surface area contributed by atoms with Gasteiger partial charge in [0.2, 0.25) is 0 Å². The average Bonchev–Trinajstić information content (AvgIpc) is 2.72. The molecule has 1 saturated heterocycles. The van der Waals surface area contributed by atoms with E-state index in [9.17, 15) is 0 Å². The van der Waals surface area contributed by atoms with Crippen LogP contribution in [0.15, 0.2) is 60.6 Å². The van der Waals surface area contributed by atoms with Gasteiger partial charge in [0, 0.05) is 11.2 Å². The van der Waals surface area contributed by atoms with Crippen LogP contribution in [0.4, 0.5) is 0 Å². The molecule has 1 unspecified atom stereocenters. The van der Waals surface area contributed by atoms with Gasteiger partial charge in [-0.1, -0.05) is 31.4 Å². The first kappa shape index (κ1) is 13.1. The number of hydrogen-bond donors (Lipinski definition) is 0. The molecule has 1 aliphatic rings. The predicted octanol–water partition coefficient (Wildman–Crippen LogP) is 4.89. The van der Waals surface area contributed by atoms with E-state index in [1.807, 2.05) is 23.9 Å². The molecule has 1 heteroatoms. The van der Waals surface area contributed by atoms with Gasteiger partial charge in [-0.05, 0) is 35.8 Å². The van der Waals surface area contributed by atoms with E-state index >= 15 is 0 Å². The van der Waals surface area contributed by atoms with Crippen molar-refractivity contribution in [1.29, 1.82) is 0 Å². The highest BCUT2D eigenvalue weighted by molar-refractivity contribution is 8.03. The minimum absolute atomic E-state index is 0.199. The van der Waals surface area contributed by atoms with Gasteiger partial charge >= 0.3 is 0 Å². The molecule has 0 radical (unpaired) electrons. The van der Waals surface area contributed by atoms with Gasteiger partial charge in [-0.25, -0.2) is 0 Å². The van der Waals surface area contributed by atoms with E-state index in [1.165, 1.54) is 10.5 Å². The Morgan fingerprint density at radius 3 is 2.62 bits per heavy atom. The molecule has 0 aromatic carbocycles. The Hall–Kier alpha value is -0.950. The van der Waals surface area contributed by atoms with Crippen molar-refractivity contribution in [2.24, 2.45) is 5.41 Å². The molecule has 0 saturated carbocycles. The van der Waals surface area contributed by atoms with Gasteiger partial charge in [-0.15, -0.1) is 24.9 Å². The van der Waals surface area contributed by atoms with Gasteiger partial charge in [-0.3, -0.25) is 0 Å². The molecule has 0 aromatic rings. The third-order valence-electron chi connectivity index (χ3n) is 3.18. The van der Waals surface area contributed by atoms with E-state index in [2.05, 4.69) is 39.3 Å². The molecule has 0 spiro atoms. The average molecular weight is 232 g/mol. The van der Waals surface area contributed by atoms with Crippen molar-refractivity contribution in [3.63, 3.8) is 0 Å². The molecular weight excluding hydrogens is 212 g/mol. The summed E-state index contributed by atoms with van der Waals surface area (Å²) in [5, 5.41) is 0. The molecule has 86 valence electrons. The topological polar surface area (TPSA) is 0 Å². The highest BCUT2D eigenvalue weighted by atomic mass is 32.2. The summed E-state index contributed by atoms with van der Waals surface area (Å²) in [5.41, 5.74) is 2.50. The molecule has 0 N–H and O–H groups in total. The largest absolute Gasteiger partial charge is 0.129 e. The van der Waals surface area contributed by atoms with Crippen LogP contribution >= 0.6 is 11.8 Å². The molecule has 0 aliphatic carbocycles. The fourth-order valence-electron chi connectivity index (χ4n) is 1.86. The summed E-state index contributed by atoms with van der Waals surface area (Å²) in [7, 11) is 0. The third-order valence-corrected chi connectivity index (χ3v) is 4.69. The Bertz CT molecular complexity index is 360. The number of thioether (sulfide) groups is 1. The van der Waals surface area contributed by atoms with Crippen LogP contribution in [-0.4, -0.2) is 5.75 Å². The zero-order valence-electron chi connectivity index (χ0n) is 10.1.